The number of rotatable bonds is 5. The van der Waals surface area contributed by atoms with Gasteiger partial charge in [-0.25, -0.2) is 0 Å². The third kappa shape index (κ3) is 4.49. The van der Waals surface area contributed by atoms with E-state index in [1.807, 2.05) is 0 Å². The summed E-state index contributed by atoms with van der Waals surface area (Å²) in [6, 6.07) is 7.86. The topological polar surface area (TPSA) is 40.5 Å². The number of hydrogen-bond acceptors (Lipinski definition) is 3. The maximum Gasteiger partial charge on any atom is 0.471 e. The Morgan fingerprint density at radius 1 is 1.14 bits per heavy atom. The van der Waals surface area contributed by atoms with Gasteiger partial charge in [-0.15, -0.1) is 0 Å². The summed E-state index contributed by atoms with van der Waals surface area (Å²) in [6.07, 6.45) is -4.60. The number of thiophene rings is 1. The van der Waals surface area contributed by atoms with Crippen molar-refractivity contribution in [2.45, 2.75) is 19.1 Å². The second-order valence-electron chi connectivity index (χ2n) is 4.77. The van der Waals surface area contributed by atoms with E-state index in [4.69, 9.17) is 0 Å². The van der Waals surface area contributed by atoms with Crippen molar-refractivity contribution in [2.75, 3.05) is 6.54 Å². The summed E-state index contributed by atoms with van der Waals surface area (Å²) in [7, 11) is 0. The SMILES string of the molecule is O=C(N(CCc1ccc(O)cc1)Cc1ccsc1)C(F)(F)F. The first-order valence-corrected chi connectivity index (χ1v) is 7.45. The molecule has 22 heavy (non-hydrogen) atoms. The number of carbonyl (C=O) groups excluding carboxylic acids is 1. The lowest BCUT2D eigenvalue weighted by Gasteiger charge is -2.23. The highest BCUT2D eigenvalue weighted by atomic mass is 32.1. The van der Waals surface area contributed by atoms with Gasteiger partial charge in [0, 0.05) is 13.1 Å². The molecule has 0 spiro atoms. The zero-order valence-corrected chi connectivity index (χ0v) is 12.3. The van der Waals surface area contributed by atoms with Gasteiger partial charge in [-0.05, 0) is 46.5 Å². The lowest BCUT2D eigenvalue weighted by Crippen LogP contribution is -2.41. The van der Waals surface area contributed by atoms with Gasteiger partial charge < -0.3 is 10.0 Å². The van der Waals surface area contributed by atoms with Crippen LogP contribution >= 0.6 is 11.3 Å². The number of aromatic hydroxyl groups is 1. The van der Waals surface area contributed by atoms with Crippen molar-refractivity contribution in [3.05, 3.63) is 52.2 Å². The number of hydrogen-bond donors (Lipinski definition) is 1. The second kappa shape index (κ2) is 6.83. The van der Waals surface area contributed by atoms with Gasteiger partial charge in [0.1, 0.15) is 5.75 Å². The average molecular weight is 329 g/mol. The van der Waals surface area contributed by atoms with Gasteiger partial charge in [0.05, 0.1) is 0 Å². The average Bonchev–Trinajstić information content (AvgIpc) is 2.96. The summed E-state index contributed by atoms with van der Waals surface area (Å²) < 4.78 is 38.1. The van der Waals surface area contributed by atoms with Gasteiger partial charge in [0.25, 0.3) is 0 Å². The van der Waals surface area contributed by atoms with E-state index in [2.05, 4.69) is 0 Å². The molecule has 2 aromatic rings. The lowest BCUT2D eigenvalue weighted by molar-refractivity contribution is -0.186. The number of phenolic OH excluding ortho intramolecular Hbond substituents is 1. The molecule has 0 atom stereocenters. The van der Waals surface area contributed by atoms with E-state index >= 15 is 0 Å². The van der Waals surface area contributed by atoms with Crippen LogP contribution in [0, 0.1) is 0 Å². The van der Waals surface area contributed by atoms with Crippen molar-refractivity contribution in [1.82, 2.24) is 4.90 Å². The minimum Gasteiger partial charge on any atom is -0.508 e. The summed E-state index contributed by atoms with van der Waals surface area (Å²) in [5, 5.41) is 12.7. The Bertz CT molecular complexity index is 609. The third-order valence-electron chi connectivity index (χ3n) is 3.09. The normalized spacial score (nSPS) is 11.4. The van der Waals surface area contributed by atoms with Crippen LogP contribution < -0.4 is 0 Å². The van der Waals surface area contributed by atoms with E-state index in [1.54, 1.807) is 29.0 Å². The minimum atomic E-state index is -4.88. The van der Waals surface area contributed by atoms with E-state index < -0.39 is 12.1 Å². The molecule has 1 N–H and O–H groups in total. The number of amides is 1. The third-order valence-corrected chi connectivity index (χ3v) is 3.82. The van der Waals surface area contributed by atoms with Gasteiger partial charge in [0.15, 0.2) is 0 Å². The molecule has 0 radical (unpaired) electrons. The fourth-order valence-corrected chi connectivity index (χ4v) is 2.62. The quantitative estimate of drug-likeness (QED) is 0.911. The van der Waals surface area contributed by atoms with E-state index in [0.29, 0.717) is 5.56 Å². The molecule has 1 amide bonds. The molecule has 118 valence electrons. The molecule has 1 aromatic heterocycles. The number of nitrogens with zero attached hydrogens (tertiary/aromatic N) is 1. The first kappa shape index (κ1) is 16.4. The van der Waals surface area contributed by atoms with Crippen LogP contribution in [0.5, 0.6) is 5.75 Å². The summed E-state index contributed by atoms with van der Waals surface area (Å²) in [5.74, 6) is -1.75. The van der Waals surface area contributed by atoms with Crippen LogP contribution in [0.15, 0.2) is 41.1 Å². The number of carbonyl (C=O) groups is 1. The molecule has 3 nitrogen and oxygen atoms in total. The predicted molar refractivity (Wildman–Crippen MR) is 77.6 cm³/mol. The Kier molecular flexibility index (Phi) is 5.07. The molecule has 0 saturated carbocycles. The number of benzene rings is 1. The Labute approximate surface area is 129 Å². The van der Waals surface area contributed by atoms with Gasteiger partial charge in [0.2, 0.25) is 0 Å². The summed E-state index contributed by atoms with van der Waals surface area (Å²) >= 11 is 1.37. The molecule has 0 unspecified atom stereocenters. The number of phenols is 1. The molecule has 1 heterocycles. The summed E-state index contributed by atoms with van der Waals surface area (Å²) in [6.45, 7) is -0.112. The Hall–Kier alpha value is -2.02. The van der Waals surface area contributed by atoms with Crippen molar-refractivity contribution in [3.8, 4) is 5.75 Å². The van der Waals surface area contributed by atoms with Crippen LogP contribution in [-0.4, -0.2) is 28.6 Å². The highest BCUT2D eigenvalue weighted by Crippen LogP contribution is 2.21. The van der Waals surface area contributed by atoms with Crippen LogP contribution in [0.25, 0.3) is 0 Å². The fourth-order valence-electron chi connectivity index (χ4n) is 1.96. The number of alkyl halides is 3. The maximum atomic E-state index is 12.7. The van der Waals surface area contributed by atoms with Gasteiger partial charge in [-0.2, -0.15) is 24.5 Å². The highest BCUT2D eigenvalue weighted by Gasteiger charge is 2.42. The molecular formula is C15H14F3NO2S. The Morgan fingerprint density at radius 3 is 2.36 bits per heavy atom. The van der Waals surface area contributed by atoms with Gasteiger partial charge in [-0.3, -0.25) is 4.79 Å². The van der Waals surface area contributed by atoms with Gasteiger partial charge in [-0.1, -0.05) is 12.1 Å². The standard InChI is InChI=1S/C15H14F3NO2S/c16-15(17,18)14(21)19(9-12-6-8-22-10-12)7-5-11-1-3-13(20)4-2-11/h1-4,6,8,10,20H,5,7,9H2. The highest BCUT2D eigenvalue weighted by molar-refractivity contribution is 7.07. The molecule has 0 aliphatic rings. The van der Waals surface area contributed by atoms with E-state index in [1.165, 1.54) is 23.5 Å². The van der Waals surface area contributed by atoms with Crippen LogP contribution in [0.1, 0.15) is 11.1 Å². The number of halogens is 3. The second-order valence-corrected chi connectivity index (χ2v) is 5.55. The van der Waals surface area contributed by atoms with Crippen molar-refractivity contribution in [2.24, 2.45) is 0 Å². The maximum absolute atomic E-state index is 12.7. The van der Waals surface area contributed by atoms with E-state index in [0.717, 1.165) is 10.5 Å². The smallest absolute Gasteiger partial charge is 0.471 e. The molecule has 0 aliphatic carbocycles. The molecule has 0 bridgehead atoms. The van der Waals surface area contributed by atoms with Crippen molar-refractivity contribution >= 4 is 17.2 Å². The van der Waals surface area contributed by atoms with Crippen LogP contribution in [0.3, 0.4) is 0 Å². The Morgan fingerprint density at radius 2 is 1.82 bits per heavy atom. The minimum absolute atomic E-state index is 0.0427. The fraction of sp³-hybridized carbons (Fsp3) is 0.267. The molecular weight excluding hydrogens is 315 g/mol. The molecule has 7 heteroatoms. The Balaban J connectivity index is 2.06. The van der Waals surface area contributed by atoms with Gasteiger partial charge >= 0.3 is 12.1 Å². The molecule has 0 fully saturated rings. The van der Waals surface area contributed by atoms with Crippen molar-refractivity contribution in [1.29, 1.82) is 0 Å². The lowest BCUT2D eigenvalue weighted by atomic mass is 10.1. The van der Waals surface area contributed by atoms with Crippen LogP contribution in [0.2, 0.25) is 0 Å². The predicted octanol–water partition coefficient (Wildman–Crippen LogP) is 3.59. The zero-order valence-electron chi connectivity index (χ0n) is 11.5. The molecule has 0 aliphatic heterocycles. The van der Waals surface area contributed by atoms with Crippen molar-refractivity contribution in [3.63, 3.8) is 0 Å². The summed E-state index contributed by atoms with van der Waals surface area (Å²) in [4.78, 5) is 12.3. The molecule has 2 rings (SSSR count). The van der Waals surface area contributed by atoms with E-state index in [9.17, 15) is 23.1 Å². The van der Waals surface area contributed by atoms with Crippen molar-refractivity contribution < 1.29 is 23.1 Å². The van der Waals surface area contributed by atoms with Crippen LogP contribution in [-0.2, 0) is 17.8 Å². The monoisotopic (exact) mass is 329 g/mol. The summed E-state index contributed by atoms with van der Waals surface area (Å²) in [5.41, 5.74) is 1.43. The van der Waals surface area contributed by atoms with Crippen LogP contribution in [0.4, 0.5) is 13.2 Å². The molecule has 0 saturated heterocycles. The molecule has 1 aromatic carbocycles. The first-order valence-electron chi connectivity index (χ1n) is 6.51. The zero-order chi connectivity index (χ0) is 16.2. The van der Waals surface area contributed by atoms with E-state index in [-0.39, 0.29) is 25.3 Å². The first-order chi connectivity index (χ1) is 10.4. The largest absolute Gasteiger partial charge is 0.508 e.